The van der Waals surface area contributed by atoms with Gasteiger partial charge in [0.2, 0.25) is 0 Å². The second-order valence-electron chi connectivity index (χ2n) is 2.84. The van der Waals surface area contributed by atoms with Crippen LogP contribution < -0.4 is 5.32 Å². The van der Waals surface area contributed by atoms with Gasteiger partial charge in [0.15, 0.2) is 5.78 Å². The summed E-state index contributed by atoms with van der Waals surface area (Å²) in [6, 6.07) is 0. The third kappa shape index (κ3) is 1.76. The van der Waals surface area contributed by atoms with Crippen LogP contribution in [0, 0.1) is 0 Å². The van der Waals surface area contributed by atoms with E-state index >= 15 is 0 Å². The van der Waals surface area contributed by atoms with E-state index in [1.807, 2.05) is 20.0 Å². The van der Waals surface area contributed by atoms with Gasteiger partial charge in [-0.2, -0.15) is 0 Å². The Kier molecular flexibility index (Phi) is 3.09. The molecule has 0 saturated heterocycles. The van der Waals surface area contributed by atoms with Gasteiger partial charge in [0.05, 0.1) is 0 Å². The number of allylic oxidation sites excluding steroid dienone is 3. The highest BCUT2D eigenvalue weighted by Crippen LogP contribution is 2.17. The molecule has 12 heavy (non-hydrogen) atoms. The average molecular weight is 165 g/mol. The minimum absolute atomic E-state index is 0.232. The maximum atomic E-state index is 11.4. The van der Waals surface area contributed by atoms with Crippen LogP contribution in [-0.2, 0) is 4.79 Å². The predicted molar refractivity (Wildman–Crippen MR) is 49.8 cm³/mol. The largest absolute Gasteiger partial charge is 0.388 e. The number of carbonyl (C=O) groups excluding carboxylic acids is 1. The molecule has 1 aliphatic carbocycles. The average Bonchev–Trinajstić information content (AvgIpc) is 2.16. The van der Waals surface area contributed by atoms with Crippen molar-refractivity contribution in [2.24, 2.45) is 0 Å². The van der Waals surface area contributed by atoms with E-state index in [2.05, 4.69) is 11.4 Å². The van der Waals surface area contributed by atoms with Gasteiger partial charge in [-0.3, -0.25) is 4.79 Å². The number of hydrogen-bond donors (Lipinski definition) is 1. The van der Waals surface area contributed by atoms with Crippen molar-refractivity contribution < 1.29 is 4.79 Å². The van der Waals surface area contributed by atoms with Crippen molar-refractivity contribution in [1.29, 1.82) is 0 Å². The minimum atomic E-state index is 0.232. The zero-order chi connectivity index (χ0) is 8.97. The summed E-state index contributed by atoms with van der Waals surface area (Å²) < 4.78 is 0. The van der Waals surface area contributed by atoms with Crippen molar-refractivity contribution in [3.63, 3.8) is 0 Å². The lowest BCUT2D eigenvalue weighted by molar-refractivity contribution is -0.115. The number of likely N-dealkylation sites (N-methyl/N-ethyl adjacent to an activating group) is 1. The van der Waals surface area contributed by atoms with E-state index in [-0.39, 0.29) is 5.78 Å². The summed E-state index contributed by atoms with van der Waals surface area (Å²) in [6.45, 7) is 1.89. The van der Waals surface area contributed by atoms with Crippen LogP contribution >= 0.6 is 0 Å². The first kappa shape index (κ1) is 9.04. The van der Waals surface area contributed by atoms with E-state index < -0.39 is 0 Å². The van der Waals surface area contributed by atoms with E-state index in [0.717, 1.165) is 24.1 Å². The molecule has 0 aliphatic heterocycles. The van der Waals surface area contributed by atoms with Gasteiger partial charge in [-0.15, -0.1) is 0 Å². The standard InChI is InChI=1S/C10H15NO/c1-3-10(12)8-6-4-5-7-9(8)11-2/h6-7,11H,3-5H2,1-2H3. The molecule has 0 radical (unpaired) electrons. The molecule has 2 nitrogen and oxygen atoms in total. The van der Waals surface area contributed by atoms with E-state index in [9.17, 15) is 4.79 Å². The normalized spacial score (nSPS) is 16.5. The predicted octanol–water partition coefficient (Wildman–Crippen LogP) is 1.79. The summed E-state index contributed by atoms with van der Waals surface area (Å²) in [5.41, 5.74) is 1.86. The van der Waals surface area contributed by atoms with E-state index in [4.69, 9.17) is 0 Å². The zero-order valence-electron chi connectivity index (χ0n) is 7.68. The summed E-state index contributed by atoms with van der Waals surface area (Å²) in [6.07, 6.45) is 6.73. The Hall–Kier alpha value is -1.05. The van der Waals surface area contributed by atoms with Crippen LogP contribution in [0.3, 0.4) is 0 Å². The van der Waals surface area contributed by atoms with Gasteiger partial charge < -0.3 is 5.32 Å². The van der Waals surface area contributed by atoms with E-state index in [0.29, 0.717) is 6.42 Å². The van der Waals surface area contributed by atoms with Crippen LogP contribution in [0.4, 0.5) is 0 Å². The first-order valence-electron chi connectivity index (χ1n) is 4.41. The lowest BCUT2D eigenvalue weighted by Crippen LogP contribution is -2.16. The van der Waals surface area contributed by atoms with Gasteiger partial charge in [-0.25, -0.2) is 0 Å². The van der Waals surface area contributed by atoms with Crippen molar-refractivity contribution in [3.8, 4) is 0 Å². The monoisotopic (exact) mass is 165 g/mol. The van der Waals surface area contributed by atoms with Crippen LogP contribution in [0.5, 0.6) is 0 Å². The van der Waals surface area contributed by atoms with Gasteiger partial charge >= 0.3 is 0 Å². The fourth-order valence-corrected chi connectivity index (χ4v) is 1.37. The Morgan fingerprint density at radius 1 is 1.50 bits per heavy atom. The summed E-state index contributed by atoms with van der Waals surface area (Å²) in [4.78, 5) is 11.4. The van der Waals surface area contributed by atoms with E-state index in [1.54, 1.807) is 0 Å². The number of Topliss-reactive ketones (excluding diaryl/α,β-unsaturated/α-hetero) is 1. The molecule has 0 atom stereocenters. The maximum Gasteiger partial charge on any atom is 0.164 e. The molecule has 0 fully saturated rings. The number of carbonyl (C=O) groups is 1. The molecule has 66 valence electrons. The SMILES string of the molecule is CCC(=O)C1=CCCC=C1NC. The van der Waals surface area contributed by atoms with Crippen molar-refractivity contribution in [1.82, 2.24) is 5.32 Å². The van der Waals surface area contributed by atoms with Crippen LogP contribution in [0.1, 0.15) is 26.2 Å². The molecule has 0 aromatic carbocycles. The Bertz CT molecular complexity index is 238. The molecule has 1 N–H and O–H groups in total. The Balaban J connectivity index is 2.80. The van der Waals surface area contributed by atoms with Crippen molar-refractivity contribution in [2.45, 2.75) is 26.2 Å². The van der Waals surface area contributed by atoms with Gasteiger partial charge in [0, 0.05) is 24.7 Å². The van der Waals surface area contributed by atoms with Crippen LogP contribution in [0.25, 0.3) is 0 Å². The number of hydrogen-bond acceptors (Lipinski definition) is 2. The smallest absolute Gasteiger partial charge is 0.164 e. The molecule has 0 aromatic rings. The fraction of sp³-hybridized carbons (Fsp3) is 0.500. The molecule has 0 amide bonds. The molecule has 0 spiro atoms. The molecular weight excluding hydrogens is 150 g/mol. The van der Waals surface area contributed by atoms with Gasteiger partial charge in [-0.1, -0.05) is 19.1 Å². The third-order valence-electron chi connectivity index (χ3n) is 2.04. The summed E-state index contributed by atoms with van der Waals surface area (Å²) in [7, 11) is 1.86. The Morgan fingerprint density at radius 3 is 2.75 bits per heavy atom. The first-order chi connectivity index (χ1) is 5.79. The Labute approximate surface area is 73.4 Å². The van der Waals surface area contributed by atoms with E-state index in [1.165, 1.54) is 0 Å². The lowest BCUT2D eigenvalue weighted by atomic mass is 9.98. The van der Waals surface area contributed by atoms with Crippen molar-refractivity contribution >= 4 is 5.78 Å². The highest BCUT2D eigenvalue weighted by molar-refractivity contribution is 5.99. The molecule has 2 heteroatoms. The quantitative estimate of drug-likeness (QED) is 0.690. The Morgan fingerprint density at radius 2 is 2.17 bits per heavy atom. The second kappa shape index (κ2) is 4.10. The summed E-state index contributed by atoms with van der Waals surface area (Å²) >= 11 is 0. The van der Waals surface area contributed by atoms with Crippen LogP contribution in [0.15, 0.2) is 23.4 Å². The topological polar surface area (TPSA) is 29.1 Å². The van der Waals surface area contributed by atoms with Crippen LogP contribution in [-0.4, -0.2) is 12.8 Å². The molecule has 0 heterocycles. The number of rotatable bonds is 3. The maximum absolute atomic E-state index is 11.4. The van der Waals surface area contributed by atoms with Gasteiger partial charge in [0.25, 0.3) is 0 Å². The highest BCUT2D eigenvalue weighted by atomic mass is 16.1. The van der Waals surface area contributed by atoms with Gasteiger partial charge in [0.1, 0.15) is 0 Å². The summed E-state index contributed by atoms with van der Waals surface area (Å²) in [5.74, 6) is 0.232. The fourth-order valence-electron chi connectivity index (χ4n) is 1.37. The zero-order valence-corrected chi connectivity index (χ0v) is 7.68. The molecule has 0 unspecified atom stereocenters. The van der Waals surface area contributed by atoms with Crippen molar-refractivity contribution in [3.05, 3.63) is 23.4 Å². The molecule has 1 rings (SSSR count). The molecule has 0 bridgehead atoms. The van der Waals surface area contributed by atoms with Crippen LogP contribution in [0.2, 0.25) is 0 Å². The second-order valence-corrected chi connectivity index (χ2v) is 2.84. The molecule has 0 aromatic heterocycles. The first-order valence-corrected chi connectivity index (χ1v) is 4.41. The highest BCUT2D eigenvalue weighted by Gasteiger charge is 2.13. The van der Waals surface area contributed by atoms with Gasteiger partial charge in [-0.05, 0) is 12.8 Å². The number of ketones is 1. The minimum Gasteiger partial charge on any atom is -0.388 e. The summed E-state index contributed by atoms with van der Waals surface area (Å²) in [5, 5.41) is 3.04. The lowest BCUT2D eigenvalue weighted by Gasteiger charge is -2.13. The number of nitrogens with one attached hydrogen (secondary N) is 1. The molecular formula is C10H15NO. The molecule has 0 saturated carbocycles. The third-order valence-corrected chi connectivity index (χ3v) is 2.04. The molecule has 1 aliphatic rings. The van der Waals surface area contributed by atoms with Crippen molar-refractivity contribution in [2.75, 3.05) is 7.05 Å².